The third-order valence-corrected chi connectivity index (χ3v) is 3.23. The fraction of sp³-hybridized carbons (Fsp3) is 0.467. The summed E-state index contributed by atoms with van der Waals surface area (Å²) in [6.45, 7) is 6.24. The summed E-state index contributed by atoms with van der Waals surface area (Å²) in [6.07, 6.45) is 1.00. The van der Waals surface area contributed by atoms with Crippen molar-refractivity contribution in [2.24, 2.45) is 11.0 Å². The molecule has 0 aromatic heterocycles. The molecular formula is C15H23N3O2. The van der Waals surface area contributed by atoms with Gasteiger partial charge in [0.1, 0.15) is 5.75 Å². The molecule has 2 N–H and O–H groups in total. The lowest BCUT2D eigenvalue weighted by atomic mass is 10.1. The van der Waals surface area contributed by atoms with E-state index in [4.69, 9.17) is 4.74 Å². The predicted molar refractivity (Wildman–Crippen MR) is 82.2 cm³/mol. The van der Waals surface area contributed by atoms with Gasteiger partial charge in [-0.1, -0.05) is 26.0 Å². The summed E-state index contributed by atoms with van der Waals surface area (Å²) in [5.74, 6) is 0.899. The Morgan fingerprint density at radius 3 is 2.75 bits per heavy atom. The highest BCUT2D eigenvalue weighted by Gasteiger charge is 2.06. The van der Waals surface area contributed by atoms with Crippen LogP contribution in [0.25, 0.3) is 0 Å². The molecule has 1 rings (SSSR count). The molecule has 5 nitrogen and oxygen atoms in total. The van der Waals surface area contributed by atoms with Crippen LogP contribution in [0.1, 0.15) is 27.2 Å². The van der Waals surface area contributed by atoms with E-state index in [1.165, 1.54) is 0 Å². The largest absolute Gasteiger partial charge is 0.495 e. The van der Waals surface area contributed by atoms with Crippen LogP contribution in [0.3, 0.4) is 0 Å². The van der Waals surface area contributed by atoms with E-state index in [1.807, 2.05) is 31.2 Å². The van der Waals surface area contributed by atoms with Crippen molar-refractivity contribution < 1.29 is 9.53 Å². The maximum atomic E-state index is 11.7. The number of amides is 1. The Kier molecular flexibility index (Phi) is 6.56. The van der Waals surface area contributed by atoms with Crippen molar-refractivity contribution in [3.63, 3.8) is 0 Å². The molecule has 0 aliphatic rings. The van der Waals surface area contributed by atoms with Gasteiger partial charge in [0.05, 0.1) is 19.3 Å². The first-order valence-electron chi connectivity index (χ1n) is 6.78. The molecule has 0 aliphatic heterocycles. The van der Waals surface area contributed by atoms with E-state index < -0.39 is 0 Å². The molecule has 1 atom stereocenters. The van der Waals surface area contributed by atoms with Gasteiger partial charge in [-0.2, -0.15) is 5.10 Å². The third-order valence-electron chi connectivity index (χ3n) is 3.23. The molecule has 110 valence electrons. The number of methoxy groups -OCH3 is 1. The van der Waals surface area contributed by atoms with E-state index in [9.17, 15) is 4.79 Å². The average molecular weight is 277 g/mol. The highest BCUT2D eigenvalue weighted by Crippen LogP contribution is 2.22. The van der Waals surface area contributed by atoms with Gasteiger partial charge < -0.3 is 10.1 Å². The van der Waals surface area contributed by atoms with Gasteiger partial charge in [-0.3, -0.25) is 4.79 Å². The number of carbonyl (C=O) groups is 1. The zero-order valence-corrected chi connectivity index (χ0v) is 12.6. The van der Waals surface area contributed by atoms with E-state index in [-0.39, 0.29) is 12.5 Å². The van der Waals surface area contributed by atoms with Crippen LogP contribution in [-0.2, 0) is 4.79 Å². The Morgan fingerprint density at radius 1 is 1.40 bits per heavy atom. The number of carbonyl (C=O) groups excluding carboxylic acids is 1. The van der Waals surface area contributed by atoms with Crippen LogP contribution in [0.5, 0.6) is 5.75 Å². The van der Waals surface area contributed by atoms with Crippen LogP contribution in [0, 0.1) is 5.92 Å². The Bertz CT molecular complexity index is 472. The topological polar surface area (TPSA) is 62.7 Å². The molecule has 0 heterocycles. The van der Waals surface area contributed by atoms with Gasteiger partial charge in [-0.25, -0.2) is 5.43 Å². The van der Waals surface area contributed by atoms with Crippen LogP contribution < -0.4 is 15.5 Å². The van der Waals surface area contributed by atoms with Crippen molar-refractivity contribution in [2.75, 3.05) is 19.0 Å². The van der Waals surface area contributed by atoms with Gasteiger partial charge in [0, 0.05) is 5.71 Å². The second kappa shape index (κ2) is 8.19. The van der Waals surface area contributed by atoms with Crippen LogP contribution in [-0.4, -0.2) is 25.3 Å². The Labute approximate surface area is 120 Å². The number of anilines is 1. The van der Waals surface area contributed by atoms with E-state index in [1.54, 1.807) is 7.11 Å². The summed E-state index contributed by atoms with van der Waals surface area (Å²) < 4.78 is 5.20. The Hall–Kier alpha value is -2.04. The smallest absolute Gasteiger partial charge is 0.259 e. The van der Waals surface area contributed by atoms with Crippen molar-refractivity contribution in [3.05, 3.63) is 24.3 Å². The van der Waals surface area contributed by atoms with Gasteiger partial charge in [0.2, 0.25) is 0 Å². The van der Waals surface area contributed by atoms with Gasteiger partial charge in [0.25, 0.3) is 5.91 Å². The zero-order chi connectivity index (χ0) is 15.0. The number of nitrogens with zero attached hydrogens (tertiary/aromatic N) is 1. The fourth-order valence-electron chi connectivity index (χ4n) is 1.56. The monoisotopic (exact) mass is 277 g/mol. The predicted octanol–water partition coefficient (Wildman–Crippen LogP) is 2.65. The van der Waals surface area contributed by atoms with Crippen LogP contribution in [0.15, 0.2) is 29.4 Å². The van der Waals surface area contributed by atoms with Crippen LogP contribution in [0.2, 0.25) is 0 Å². The van der Waals surface area contributed by atoms with Gasteiger partial charge in [-0.15, -0.1) is 0 Å². The lowest BCUT2D eigenvalue weighted by Crippen LogP contribution is -2.27. The highest BCUT2D eigenvalue weighted by atomic mass is 16.5. The number of ether oxygens (including phenoxy) is 1. The Balaban J connectivity index is 2.48. The normalized spacial score (nSPS) is 12.7. The number of para-hydroxylation sites is 2. The molecule has 0 fully saturated rings. The van der Waals surface area contributed by atoms with Gasteiger partial charge in [-0.05, 0) is 31.4 Å². The molecule has 0 saturated heterocycles. The first kappa shape index (κ1) is 16.0. The number of nitrogens with one attached hydrogen (secondary N) is 2. The Morgan fingerprint density at radius 2 is 2.10 bits per heavy atom. The maximum Gasteiger partial charge on any atom is 0.259 e. The van der Waals surface area contributed by atoms with Gasteiger partial charge >= 0.3 is 0 Å². The van der Waals surface area contributed by atoms with Crippen LogP contribution in [0.4, 0.5) is 5.69 Å². The molecule has 5 heteroatoms. The van der Waals surface area contributed by atoms with Crippen molar-refractivity contribution >= 4 is 17.3 Å². The lowest BCUT2D eigenvalue weighted by molar-refractivity contribution is -0.119. The molecule has 0 saturated carbocycles. The summed E-state index contributed by atoms with van der Waals surface area (Å²) >= 11 is 0. The minimum atomic E-state index is -0.182. The second-order valence-electron chi connectivity index (χ2n) is 4.65. The van der Waals surface area contributed by atoms with E-state index in [0.29, 0.717) is 11.7 Å². The molecule has 0 aliphatic carbocycles. The first-order valence-corrected chi connectivity index (χ1v) is 6.78. The molecule has 1 aromatic rings. The SMILES string of the molecule is CC[C@H](C)/C(C)=N\NC(=O)CNc1ccccc1OC. The molecule has 0 radical (unpaired) electrons. The molecule has 0 bridgehead atoms. The lowest BCUT2D eigenvalue weighted by Gasteiger charge is -2.11. The fourth-order valence-corrected chi connectivity index (χ4v) is 1.56. The van der Waals surface area contributed by atoms with Crippen molar-refractivity contribution in [1.82, 2.24) is 5.43 Å². The summed E-state index contributed by atoms with van der Waals surface area (Å²) in [5.41, 5.74) is 4.26. The third kappa shape index (κ3) is 4.91. The number of hydrazone groups is 1. The van der Waals surface area contributed by atoms with Gasteiger partial charge in [0.15, 0.2) is 0 Å². The molecule has 0 unspecified atom stereocenters. The zero-order valence-electron chi connectivity index (χ0n) is 12.6. The van der Waals surface area contributed by atoms with E-state index >= 15 is 0 Å². The molecule has 1 aromatic carbocycles. The summed E-state index contributed by atoms with van der Waals surface area (Å²) in [6, 6.07) is 7.46. The molecular weight excluding hydrogens is 254 g/mol. The summed E-state index contributed by atoms with van der Waals surface area (Å²) in [5, 5.41) is 7.12. The maximum absolute atomic E-state index is 11.7. The van der Waals surface area contributed by atoms with Crippen molar-refractivity contribution in [1.29, 1.82) is 0 Å². The van der Waals surface area contributed by atoms with Crippen molar-refractivity contribution in [2.45, 2.75) is 27.2 Å². The molecule has 1 amide bonds. The first-order chi connectivity index (χ1) is 9.58. The molecule has 20 heavy (non-hydrogen) atoms. The second-order valence-corrected chi connectivity index (χ2v) is 4.65. The van der Waals surface area contributed by atoms with Crippen LogP contribution >= 0.6 is 0 Å². The minimum Gasteiger partial charge on any atom is -0.495 e. The summed E-state index contributed by atoms with van der Waals surface area (Å²) in [7, 11) is 1.60. The van der Waals surface area contributed by atoms with E-state index in [2.05, 4.69) is 29.7 Å². The van der Waals surface area contributed by atoms with E-state index in [0.717, 1.165) is 17.8 Å². The minimum absolute atomic E-state index is 0.150. The number of hydrogen-bond donors (Lipinski definition) is 2. The highest BCUT2D eigenvalue weighted by molar-refractivity contribution is 5.87. The quantitative estimate of drug-likeness (QED) is 0.595. The average Bonchev–Trinajstić information content (AvgIpc) is 2.49. The number of rotatable bonds is 7. The number of hydrogen-bond acceptors (Lipinski definition) is 4. The molecule has 0 spiro atoms. The number of benzene rings is 1. The standard InChI is InChI=1S/C15H23N3O2/c1-5-11(2)12(3)17-18-15(19)10-16-13-8-6-7-9-14(13)20-4/h6-9,11,16H,5,10H2,1-4H3,(H,18,19)/b17-12-/t11-/m0/s1. The van der Waals surface area contributed by atoms with Crippen molar-refractivity contribution in [3.8, 4) is 5.75 Å². The summed E-state index contributed by atoms with van der Waals surface area (Å²) in [4.78, 5) is 11.7.